The molecule has 0 radical (unpaired) electrons. The number of hydrogen-bond donors (Lipinski definition) is 1. The molecule has 0 amide bonds. The highest BCUT2D eigenvalue weighted by Crippen LogP contribution is 2.38. The van der Waals surface area contributed by atoms with Crippen LogP contribution in [0.25, 0.3) is 5.70 Å². The van der Waals surface area contributed by atoms with Crippen LogP contribution in [-0.2, 0) is 6.42 Å². The van der Waals surface area contributed by atoms with Crippen molar-refractivity contribution < 1.29 is 0 Å². The first kappa shape index (κ1) is 8.10. The maximum Gasteiger partial charge on any atom is 0.0343 e. The molecule has 1 atom stereocenters. The van der Waals surface area contributed by atoms with Gasteiger partial charge in [0.25, 0.3) is 0 Å². The Kier molecular flexibility index (Phi) is 1.66. The number of rotatable bonds is 0. The van der Waals surface area contributed by atoms with Crippen LogP contribution in [0.5, 0.6) is 0 Å². The molecule has 1 heterocycles. The molecule has 0 bridgehead atoms. The minimum atomic E-state index is 0.737. The summed E-state index contributed by atoms with van der Waals surface area (Å²) >= 11 is 0. The molecule has 1 nitrogen and oxygen atoms in total. The van der Waals surface area contributed by atoms with Gasteiger partial charge in [0.2, 0.25) is 0 Å². The van der Waals surface area contributed by atoms with Crippen molar-refractivity contribution in [1.29, 1.82) is 0 Å². The molecule has 0 saturated heterocycles. The lowest BCUT2D eigenvalue weighted by molar-refractivity contribution is 0.527. The van der Waals surface area contributed by atoms with Crippen molar-refractivity contribution >= 4 is 5.70 Å². The molecule has 3 rings (SSSR count). The molecule has 0 saturated carbocycles. The van der Waals surface area contributed by atoms with Gasteiger partial charge in [0.1, 0.15) is 0 Å². The molecule has 1 aromatic carbocycles. The SMILES string of the molecule is C=C1NCC2CCCc3cccc1c32. The van der Waals surface area contributed by atoms with E-state index in [1.807, 2.05) is 0 Å². The summed E-state index contributed by atoms with van der Waals surface area (Å²) in [4.78, 5) is 0. The Morgan fingerprint density at radius 2 is 2.29 bits per heavy atom. The highest BCUT2D eigenvalue weighted by molar-refractivity contribution is 5.69. The van der Waals surface area contributed by atoms with Gasteiger partial charge in [-0.05, 0) is 30.4 Å². The summed E-state index contributed by atoms with van der Waals surface area (Å²) in [6.07, 6.45) is 3.94. The third-order valence-electron chi connectivity index (χ3n) is 3.49. The van der Waals surface area contributed by atoms with Crippen LogP contribution in [0.1, 0.15) is 35.4 Å². The fraction of sp³-hybridized carbons (Fsp3) is 0.385. The van der Waals surface area contributed by atoms with Gasteiger partial charge in [-0.2, -0.15) is 0 Å². The van der Waals surface area contributed by atoms with E-state index in [1.54, 1.807) is 11.1 Å². The fourth-order valence-electron chi connectivity index (χ4n) is 2.81. The summed E-state index contributed by atoms with van der Waals surface area (Å²) in [6.45, 7) is 5.16. The van der Waals surface area contributed by atoms with Crippen LogP contribution in [0.4, 0.5) is 0 Å². The number of nitrogens with one attached hydrogen (secondary N) is 1. The van der Waals surface area contributed by atoms with Gasteiger partial charge >= 0.3 is 0 Å². The smallest absolute Gasteiger partial charge is 0.0343 e. The first-order chi connectivity index (χ1) is 6.86. The molecule has 0 spiro atoms. The molecule has 1 unspecified atom stereocenters. The van der Waals surface area contributed by atoms with Crippen molar-refractivity contribution in [3.63, 3.8) is 0 Å². The second-order valence-electron chi connectivity index (χ2n) is 4.33. The van der Waals surface area contributed by atoms with Crippen LogP contribution in [-0.4, -0.2) is 6.54 Å². The first-order valence-corrected chi connectivity index (χ1v) is 5.41. The van der Waals surface area contributed by atoms with E-state index in [9.17, 15) is 0 Å². The minimum Gasteiger partial charge on any atom is -0.384 e. The standard InChI is InChI=1S/C13H15N/c1-9-12-7-3-5-10-4-2-6-11(8-14-9)13(10)12/h3,5,7,11,14H,1-2,4,6,8H2. The van der Waals surface area contributed by atoms with Crippen molar-refractivity contribution in [3.05, 3.63) is 41.5 Å². The molecule has 1 heteroatoms. The first-order valence-electron chi connectivity index (χ1n) is 5.41. The van der Waals surface area contributed by atoms with Crippen molar-refractivity contribution in [1.82, 2.24) is 5.32 Å². The van der Waals surface area contributed by atoms with Gasteiger partial charge in [-0.15, -0.1) is 0 Å². The summed E-state index contributed by atoms with van der Waals surface area (Å²) in [5, 5.41) is 3.41. The molecular formula is C13H15N. The normalized spacial score (nSPS) is 24.0. The Morgan fingerprint density at radius 3 is 3.21 bits per heavy atom. The zero-order valence-corrected chi connectivity index (χ0v) is 8.34. The Labute approximate surface area is 84.8 Å². The van der Waals surface area contributed by atoms with Crippen LogP contribution in [0.2, 0.25) is 0 Å². The van der Waals surface area contributed by atoms with Gasteiger partial charge < -0.3 is 5.32 Å². The van der Waals surface area contributed by atoms with E-state index in [4.69, 9.17) is 0 Å². The molecule has 1 aromatic rings. The second-order valence-corrected chi connectivity index (χ2v) is 4.33. The monoisotopic (exact) mass is 185 g/mol. The lowest BCUT2D eigenvalue weighted by Crippen LogP contribution is -2.29. The number of hydrogen-bond acceptors (Lipinski definition) is 1. The minimum absolute atomic E-state index is 0.737. The van der Waals surface area contributed by atoms with Gasteiger partial charge in [0.15, 0.2) is 0 Å². The lowest BCUT2D eigenvalue weighted by atomic mass is 9.77. The molecule has 1 aliphatic heterocycles. The van der Waals surface area contributed by atoms with E-state index in [-0.39, 0.29) is 0 Å². The maximum atomic E-state index is 4.08. The van der Waals surface area contributed by atoms with E-state index >= 15 is 0 Å². The van der Waals surface area contributed by atoms with Crippen LogP contribution < -0.4 is 5.32 Å². The number of benzene rings is 1. The molecule has 1 aliphatic carbocycles. The van der Waals surface area contributed by atoms with E-state index in [0.717, 1.165) is 18.2 Å². The van der Waals surface area contributed by atoms with Crippen molar-refractivity contribution in [2.24, 2.45) is 0 Å². The molecule has 14 heavy (non-hydrogen) atoms. The molecular weight excluding hydrogens is 170 g/mol. The van der Waals surface area contributed by atoms with Gasteiger partial charge in [-0.3, -0.25) is 0 Å². The third-order valence-corrected chi connectivity index (χ3v) is 3.49. The van der Waals surface area contributed by atoms with E-state index < -0.39 is 0 Å². The van der Waals surface area contributed by atoms with E-state index in [0.29, 0.717) is 0 Å². The van der Waals surface area contributed by atoms with E-state index in [1.165, 1.54) is 24.8 Å². The molecule has 0 aromatic heterocycles. The fourth-order valence-corrected chi connectivity index (χ4v) is 2.81. The van der Waals surface area contributed by atoms with Gasteiger partial charge in [-0.25, -0.2) is 0 Å². The quantitative estimate of drug-likeness (QED) is 0.655. The Hall–Kier alpha value is -1.24. The van der Waals surface area contributed by atoms with Crippen LogP contribution in [0, 0.1) is 0 Å². The summed E-state index contributed by atoms with van der Waals surface area (Å²) in [6, 6.07) is 6.64. The summed E-state index contributed by atoms with van der Waals surface area (Å²) in [5.74, 6) is 0.737. The predicted octanol–water partition coefficient (Wildman–Crippen LogP) is 2.68. The van der Waals surface area contributed by atoms with Crippen LogP contribution >= 0.6 is 0 Å². The molecule has 72 valence electrons. The average Bonchev–Trinajstić information content (AvgIpc) is 2.24. The van der Waals surface area contributed by atoms with Gasteiger partial charge in [0, 0.05) is 23.7 Å². The van der Waals surface area contributed by atoms with Crippen molar-refractivity contribution in [3.8, 4) is 0 Å². The lowest BCUT2D eigenvalue weighted by Gasteiger charge is -2.33. The summed E-state index contributed by atoms with van der Waals surface area (Å²) in [5.41, 5.74) is 5.61. The Balaban J connectivity index is 2.24. The van der Waals surface area contributed by atoms with Crippen molar-refractivity contribution in [2.75, 3.05) is 6.54 Å². The van der Waals surface area contributed by atoms with Gasteiger partial charge in [-0.1, -0.05) is 24.8 Å². The molecule has 1 N–H and O–H groups in total. The number of aryl methyl sites for hydroxylation is 1. The largest absolute Gasteiger partial charge is 0.384 e. The van der Waals surface area contributed by atoms with E-state index in [2.05, 4.69) is 30.1 Å². The van der Waals surface area contributed by atoms with Gasteiger partial charge in [0.05, 0.1) is 0 Å². The average molecular weight is 185 g/mol. The molecule has 2 aliphatic rings. The maximum absolute atomic E-state index is 4.08. The summed E-state index contributed by atoms with van der Waals surface area (Å²) < 4.78 is 0. The highest BCUT2D eigenvalue weighted by atomic mass is 14.9. The Bertz CT molecular complexity index is 392. The van der Waals surface area contributed by atoms with Crippen LogP contribution in [0.15, 0.2) is 24.8 Å². The third kappa shape index (κ3) is 1.02. The second kappa shape index (κ2) is 2.88. The van der Waals surface area contributed by atoms with Crippen molar-refractivity contribution in [2.45, 2.75) is 25.2 Å². The molecule has 0 fully saturated rings. The van der Waals surface area contributed by atoms with Crippen LogP contribution in [0.3, 0.4) is 0 Å². The topological polar surface area (TPSA) is 12.0 Å². The zero-order valence-electron chi connectivity index (χ0n) is 8.34. The zero-order chi connectivity index (χ0) is 9.54. The predicted molar refractivity (Wildman–Crippen MR) is 59.2 cm³/mol. The summed E-state index contributed by atoms with van der Waals surface area (Å²) in [7, 11) is 0. The highest BCUT2D eigenvalue weighted by Gasteiger charge is 2.26. The Morgan fingerprint density at radius 1 is 1.36 bits per heavy atom.